The maximum Gasteiger partial charge on any atom is 0.0564 e. The van der Waals surface area contributed by atoms with Crippen LogP contribution in [0.1, 0.15) is 55.3 Å². The second kappa shape index (κ2) is 6.87. The van der Waals surface area contributed by atoms with Crippen molar-refractivity contribution in [2.24, 2.45) is 11.7 Å². The molecule has 2 nitrogen and oxygen atoms in total. The summed E-state index contributed by atoms with van der Waals surface area (Å²) in [6.45, 7) is 5.34. The van der Waals surface area contributed by atoms with Gasteiger partial charge < -0.3 is 5.73 Å². The van der Waals surface area contributed by atoms with Crippen LogP contribution >= 0.6 is 11.3 Å². The summed E-state index contributed by atoms with van der Waals surface area (Å²) in [5.41, 5.74) is 6.06. The van der Waals surface area contributed by atoms with Crippen LogP contribution < -0.4 is 5.73 Å². The summed E-state index contributed by atoms with van der Waals surface area (Å²) in [4.78, 5) is 5.46. The Labute approximate surface area is 122 Å². The van der Waals surface area contributed by atoms with Gasteiger partial charge in [-0.2, -0.15) is 0 Å². The predicted molar refractivity (Wildman–Crippen MR) is 84.7 cm³/mol. The third-order valence-corrected chi connectivity index (χ3v) is 5.89. The van der Waals surface area contributed by atoms with Gasteiger partial charge in [-0.1, -0.05) is 26.7 Å². The van der Waals surface area contributed by atoms with Gasteiger partial charge in [-0.25, -0.2) is 0 Å². The Morgan fingerprint density at radius 2 is 2.21 bits per heavy atom. The van der Waals surface area contributed by atoms with Gasteiger partial charge in [0.1, 0.15) is 0 Å². The molecular weight excluding hydrogens is 252 g/mol. The van der Waals surface area contributed by atoms with Crippen LogP contribution in [0.15, 0.2) is 12.1 Å². The van der Waals surface area contributed by atoms with Gasteiger partial charge in [-0.05, 0) is 44.4 Å². The average Bonchev–Trinajstić information content (AvgIpc) is 2.88. The fraction of sp³-hybridized carbons (Fsp3) is 0.750. The van der Waals surface area contributed by atoms with Gasteiger partial charge in [0, 0.05) is 22.3 Å². The molecule has 1 heterocycles. The second-order valence-corrected chi connectivity index (χ2v) is 7.20. The maximum atomic E-state index is 6.06. The molecule has 1 aromatic heterocycles. The van der Waals surface area contributed by atoms with E-state index in [2.05, 4.69) is 37.9 Å². The molecule has 1 aliphatic rings. The lowest BCUT2D eigenvalue weighted by atomic mass is 9.86. The largest absolute Gasteiger partial charge is 0.329 e. The molecule has 0 spiro atoms. The molecule has 1 saturated carbocycles. The summed E-state index contributed by atoms with van der Waals surface area (Å²) in [5.74, 6) is 0.870. The van der Waals surface area contributed by atoms with Gasteiger partial charge >= 0.3 is 0 Å². The minimum absolute atomic E-state index is 0.403. The summed E-state index contributed by atoms with van der Waals surface area (Å²) in [6.07, 6.45) is 6.57. The molecule has 0 bridgehead atoms. The van der Waals surface area contributed by atoms with E-state index in [1.54, 1.807) is 0 Å². The van der Waals surface area contributed by atoms with Crippen LogP contribution in [0.5, 0.6) is 0 Å². The quantitative estimate of drug-likeness (QED) is 0.888. The maximum absolute atomic E-state index is 6.06. The van der Waals surface area contributed by atoms with Crippen molar-refractivity contribution in [3.05, 3.63) is 21.9 Å². The van der Waals surface area contributed by atoms with E-state index >= 15 is 0 Å². The second-order valence-electron chi connectivity index (χ2n) is 6.00. The van der Waals surface area contributed by atoms with Crippen LogP contribution in [0.4, 0.5) is 0 Å². The molecule has 3 heteroatoms. The molecule has 1 fully saturated rings. The van der Waals surface area contributed by atoms with Crippen molar-refractivity contribution >= 4 is 11.3 Å². The smallest absolute Gasteiger partial charge is 0.0564 e. The molecule has 2 rings (SSSR count). The van der Waals surface area contributed by atoms with E-state index in [-0.39, 0.29) is 0 Å². The van der Waals surface area contributed by atoms with E-state index in [4.69, 9.17) is 5.73 Å². The highest BCUT2D eigenvalue weighted by Crippen LogP contribution is 2.33. The summed E-state index contributed by atoms with van der Waals surface area (Å²) >= 11 is 1.94. The van der Waals surface area contributed by atoms with Gasteiger partial charge in [-0.15, -0.1) is 11.3 Å². The number of hydrogen-bond donors (Lipinski definition) is 1. The first-order valence-electron chi connectivity index (χ1n) is 7.66. The van der Waals surface area contributed by atoms with Gasteiger partial charge in [0.05, 0.1) is 6.04 Å². The Morgan fingerprint density at radius 3 is 2.79 bits per heavy atom. The molecule has 0 saturated heterocycles. The summed E-state index contributed by atoms with van der Waals surface area (Å²) in [5, 5.41) is 0. The third kappa shape index (κ3) is 3.59. The van der Waals surface area contributed by atoms with Crippen molar-refractivity contribution in [2.45, 2.75) is 58.0 Å². The zero-order chi connectivity index (χ0) is 13.8. The molecule has 19 heavy (non-hydrogen) atoms. The number of nitrogens with two attached hydrogens (primary N) is 1. The van der Waals surface area contributed by atoms with E-state index in [0.29, 0.717) is 12.1 Å². The van der Waals surface area contributed by atoms with Crippen molar-refractivity contribution in [1.82, 2.24) is 4.90 Å². The Hall–Kier alpha value is -0.380. The Balaban J connectivity index is 2.07. The van der Waals surface area contributed by atoms with Crippen molar-refractivity contribution in [1.29, 1.82) is 0 Å². The van der Waals surface area contributed by atoms with Gasteiger partial charge in [0.15, 0.2) is 0 Å². The highest BCUT2D eigenvalue weighted by molar-refractivity contribution is 7.12. The number of hydrogen-bond acceptors (Lipinski definition) is 3. The lowest BCUT2D eigenvalue weighted by Gasteiger charge is -2.38. The average molecular weight is 280 g/mol. The van der Waals surface area contributed by atoms with Crippen LogP contribution in [0.3, 0.4) is 0 Å². The highest BCUT2D eigenvalue weighted by Gasteiger charge is 2.27. The van der Waals surface area contributed by atoms with Crippen LogP contribution in [-0.4, -0.2) is 24.5 Å². The first-order chi connectivity index (χ1) is 9.15. The number of likely N-dealkylation sites (N-methyl/N-ethyl adjacent to an activating group) is 1. The van der Waals surface area contributed by atoms with Crippen molar-refractivity contribution < 1.29 is 0 Å². The van der Waals surface area contributed by atoms with E-state index in [0.717, 1.165) is 18.9 Å². The summed E-state index contributed by atoms with van der Waals surface area (Å²) < 4.78 is 0. The van der Waals surface area contributed by atoms with Crippen molar-refractivity contribution in [2.75, 3.05) is 13.6 Å². The van der Waals surface area contributed by atoms with Crippen molar-refractivity contribution in [3.63, 3.8) is 0 Å². The molecule has 2 N–H and O–H groups in total. The standard InChI is InChI=1S/C16H28N2S/c1-4-14-8-9-16(19-14)15(11-17)18(3)13-7-5-6-12(2)10-13/h8-9,12-13,15H,4-7,10-11,17H2,1-3H3. The van der Waals surface area contributed by atoms with Crippen LogP contribution in [0, 0.1) is 5.92 Å². The number of rotatable bonds is 5. The Bertz CT molecular complexity index is 388. The van der Waals surface area contributed by atoms with Gasteiger partial charge in [-0.3, -0.25) is 4.90 Å². The SMILES string of the molecule is CCc1ccc(C(CN)N(C)C2CCCC(C)C2)s1. The predicted octanol–water partition coefficient (Wildman–Crippen LogP) is 3.82. The lowest BCUT2D eigenvalue weighted by Crippen LogP contribution is -2.40. The van der Waals surface area contributed by atoms with E-state index in [1.807, 2.05) is 11.3 Å². The number of aryl methyl sites for hydroxylation is 1. The molecule has 3 unspecified atom stereocenters. The third-order valence-electron chi connectivity index (χ3n) is 4.56. The molecule has 1 aliphatic carbocycles. The molecule has 108 valence electrons. The zero-order valence-corrected chi connectivity index (χ0v) is 13.4. The molecule has 0 radical (unpaired) electrons. The van der Waals surface area contributed by atoms with Crippen molar-refractivity contribution in [3.8, 4) is 0 Å². The molecular formula is C16H28N2S. The molecule has 1 aromatic rings. The number of nitrogens with zero attached hydrogens (tertiary/aromatic N) is 1. The van der Waals surface area contributed by atoms with E-state index in [9.17, 15) is 0 Å². The van der Waals surface area contributed by atoms with E-state index in [1.165, 1.54) is 35.4 Å². The normalized spacial score (nSPS) is 25.7. The Morgan fingerprint density at radius 1 is 1.42 bits per heavy atom. The van der Waals surface area contributed by atoms with Crippen LogP contribution in [0.2, 0.25) is 0 Å². The topological polar surface area (TPSA) is 29.3 Å². The summed E-state index contributed by atoms with van der Waals surface area (Å²) in [6, 6.07) is 5.66. The van der Waals surface area contributed by atoms with Crippen LogP contribution in [0.25, 0.3) is 0 Å². The summed E-state index contributed by atoms with van der Waals surface area (Å²) in [7, 11) is 2.27. The molecule has 0 amide bonds. The monoisotopic (exact) mass is 280 g/mol. The molecule has 3 atom stereocenters. The highest BCUT2D eigenvalue weighted by atomic mass is 32.1. The lowest BCUT2D eigenvalue weighted by molar-refractivity contribution is 0.122. The molecule has 0 aliphatic heterocycles. The minimum atomic E-state index is 0.403. The first-order valence-corrected chi connectivity index (χ1v) is 8.48. The fourth-order valence-corrected chi connectivity index (χ4v) is 4.39. The molecule has 0 aromatic carbocycles. The van der Waals surface area contributed by atoms with Crippen LogP contribution in [-0.2, 0) is 6.42 Å². The number of thiophene rings is 1. The first kappa shape index (κ1) is 15.0. The van der Waals surface area contributed by atoms with Gasteiger partial charge in [0.25, 0.3) is 0 Å². The van der Waals surface area contributed by atoms with Gasteiger partial charge in [0.2, 0.25) is 0 Å². The van der Waals surface area contributed by atoms with E-state index < -0.39 is 0 Å². The Kier molecular flexibility index (Phi) is 5.43. The minimum Gasteiger partial charge on any atom is -0.329 e. The fourth-order valence-electron chi connectivity index (χ4n) is 3.27. The zero-order valence-electron chi connectivity index (χ0n) is 12.6.